The zero-order chi connectivity index (χ0) is 24.7. The van der Waals surface area contributed by atoms with Crippen LogP contribution in [0.25, 0.3) is 10.9 Å². The summed E-state index contributed by atoms with van der Waals surface area (Å²) in [5.41, 5.74) is 0.999. The van der Waals surface area contributed by atoms with Crippen LogP contribution < -0.4 is 15.4 Å². The van der Waals surface area contributed by atoms with Gasteiger partial charge in [-0.25, -0.2) is 0 Å². The van der Waals surface area contributed by atoms with Gasteiger partial charge in [0.15, 0.2) is 0 Å². The number of hydrogen-bond donors (Lipinski definition) is 3. The number of hydrogen-bond acceptors (Lipinski definition) is 5. The van der Waals surface area contributed by atoms with E-state index >= 15 is 0 Å². The highest BCUT2D eigenvalue weighted by Gasteiger charge is 2.52. The van der Waals surface area contributed by atoms with Crippen molar-refractivity contribution in [3.63, 3.8) is 0 Å². The van der Waals surface area contributed by atoms with Gasteiger partial charge in [-0.3, -0.25) is 14.4 Å². The number of aromatic amines is 1. The zero-order valence-electron chi connectivity index (χ0n) is 19.5. The van der Waals surface area contributed by atoms with E-state index in [1.807, 2.05) is 0 Å². The number of nitriles is 1. The first-order valence-corrected chi connectivity index (χ1v) is 12.4. The lowest BCUT2D eigenvalue weighted by Gasteiger charge is -2.37. The third-order valence-corrected chi connectivity index (χ3v) is 8.18. The number of methoxy groups -OCH3 is 1. The normalized spacial score (nSPS) is 23.6. The summed E-state index contributed by atoms with van der Waals surface area (Å²) in [6, 6.07) is 5.88. The molecule has 1 unspecified atom stereocenters. The second-order valence-electron chi connectivity index (χ2n) is 9.94. The summed E-state index contributed by atoms with van der Waals surface area (Å²) in [6.45, 7) is 1.09. The second kappa shape index (κ2) is 9.08. The minimum absolute atomic E-state index is 0.0575. The molecular formula is C25H28ClN5O4. The van der Waals surface area contributed by atoms with Crippen LogP contribution in [0.3, 0.4) is 0 Å². The number of ether oxygens (including phenoxy) is 1. The van der Waals surface area contributed by atoms with E-state index in [2.05, 4.69) is 21.7 Å². The molecule has 35 heavy (non-hydrogen) atoms. The second-order valence-corrected chi connectivity index (χ2v) is 10.3. The minimum atomic E-state index is -0.786. The van der Waals surface area contributed by atoms with Gasteiger partial charge < -0.3 is 25.3 Å². The number of fused-ring (bicyclic) bond motifs is 1. The number of halogens is 1. The Morgan fingerprint density at radius 1 is 1.40 bits per heavy atom. The molecule has 184 valence electrons. The molecule has 2 saturated heterocycles. The van der Waals surface area contributed by atoms with Crippen molar-refractivity contribution >= 4 is 40.2 Å². The van der Waals surface area contributed by atoms with Gasteiger partial charge in [0.1, 0.15) is 23.5 Å². The number of aromatic nitrogens is 1. The average Bonchev–Trinajstić information content (AvgIpc) is 3.55. The zero-order valence-corrected chi connectivity index (χ0v) is 20.3. The van der Waals surface area contributed by atoms with Crippen LogP contribution in [0.15, 0.2) is 18.2 Å². The number of benzene rings is 1. The highest BCUT2D eigenvalue weighted by Crippen LogP contribution is 2.50. The molecule has 2 aromatic rings. The lowest BCUT2D eigenvalue weighted by atomic mass is 9.67. The summed E-state index contributed by atoms with van der Waals surface area (Å²) in [5, 5.41) is 16.3. The average molecular weight is 498 g/mol. The molecule has 1 spiro atoms. The van der Waals surface area contributed by atoms with Gasteiger partial charge >= 0.3 is 0 Å². The number of nitrogens with zero attached hydrogens (tertiary/aromatic N) is 2. The van der Waals surface area contributed by atoms with Gasteiger partial charge in [-0.1, -0.05) is 18.0 Å². The first-order valence-electron chi connectivity index (χ1n) is 12.0. The van der Waals surface area contributed by atoms with Crippen molar-refractivity contribution in [2.75, 3.05) is 20.2 Å². The van der Waals surface area contributed by atoms with Crippen molar-refractivity contribution in [3.8, 4) is 11.8 Å². The van der Waals surface area contributed by atoms with Crippen molar-refractivity contribution in [3.05, 3.63) is 28.9 Å². The van der Waals surface area contributed by atoms with Crippen LogP contribution in [-0.2, 0) is 9.59 Å². The summed E-state index contributed by atoms with van der Waals surface area (Å²) in [7, 11) is 1.53. The Morgan fingerprint density at radius 2 is 2.20 bits per heavy atom. The molecule has 0 bridgehead atoms. The predicted molar refractivity (Wildman–Crippen MR) is 129 cm³/mol. The molecule has 9 nitrogen and oxygen atoms in total. The van der Waals surface area contributed by atoms with Crippen molar-refractivity contribution in [2.45, 2.75) is 50.6 Å². The Balaban J connectivity index is 1.37. The Hall–Kier alpha value is -3.25. The SMILES string of the molecule is COc1ccc2[nH]c(C(=O)N3CC4(CCC4)CC3C(=O)N[C@H](C#N)C[C@@H]3CCNC3=O)cc2c1Cl. The molecule has 1 aromatic heterocycles. The highest BCUT2D eigenvalue weighted by atomic mass is 35.5. The monoisotopic (exact) mass is 497 g/mol. The topological polar surface area (TPSA) is 127 Å². The fourth-order valence-corrected chi connectivity index (χ4v) is 5.98. The Kier molecular flexibility index (Phi) is 6.09. The van der Waals surface area contributed by atoms with Gasteiger partial charge in [0, 0.05) is 29.9 Å². The van der Waals surface area contributed by atoms with Gasteiger partial charge in [0.2, 0.25) is 11.8 Å². The molecule has 10 heteroatoms. The van der Waals surface area contributed by atoms with Crippen molar-refractivity contribution in [1.82, 2.24) is 20.5 Å². The quantitative estimate of drug-likeness (QED) is 0.565. The summed E-state index contributed by atoms with van der Waals surface area (Å²) >= 11 is 6.44. The van der Waals surface area contributed by atoms with Crippen molar-refractivity contribution < 1.29 is 19.1 Å². The van der Waals surface area contributed by atoms with Gasteiger partial charge in [-0.2, -0.15) is 5.26 Å². The van der Waals surface area contributed by atoms with Crippen LogP contribution in [0.1, 0.15) is 49.0 Å². The molecule has 3 heterocycles. The van der Waals surface area contributed by atoms with Gasteiger partial charge in [-0.05, 0) is 55.7 Å². The Morgan fingerprint density at radius 3 is 2.83 bits per heavy atom. The summed E-state index contributed by atoms with van der Waals surface area (Å²) in [5.74, 6) is -0.471. The molecule has 3 fully saturated rings. The molecular weight excluding hydrogens is 470 g/mol. The summed E-state index contributed by atoms with van der Waals surface area (Å²) in [4.78, 5) is 43.7. The number of amides is 3. The first-order chi connectivity index (χ1) is 16.8. The van der Waals surface area contributed by atoms with Crippen LogP contribution in [0.4, 0.5) is 0 Å². The molecule has 1 aromatic carbocycles. The third kappa shape index (κ3) is 4.20. The fraction of sp³-hybridized carbons (Fsp3) is 0.520. The standard InChI is InChI=1S/C25H28ClN5O4/c1-35-20-4-3-17-16(21(20)26)10-18(30-17)24(34)31-13-25(6-2-7-25)11-19(31)23(33)29-15(12-27)9-14-5-8-28-22(14)32/h3-4,10,14-15,19,30H,2,5-9,11,13H2,1H3,(H,28,32)(H,29,33)/t14-,15-,19?/m0/s1. The lowest BCUT2D eigenvalue weighted by molar-refractivity contribution is -0.126. The molecule has 3 N–H and O–H groups in total. The van der Waals surface area contributed by atoms with E-state index < -0.39 is 12.1 Å². The van der Waals surface area contributed by atoms with E-state index in [-0.39, 0.29) is 35.5 Å². The number of H-pyrrole nitrogens is 1. The van der Waals surface area contributed by atoms with Gasteiger partial charge in [0.25, 0.3) is 5.91 Å². The van der Waals surface area contributed by atoms with E-state index in [0.717, 1.165) is 19.3 Å². The Labute approximate surface area is 208 Å². The van der Waals surface area contributed by atoms with Crippen LogP contribution in [0.5, 0.6) is 5.75 Å². The van der Waals surface area contributed by atoms with Crippen molar-refractivity contribution in [2.24, 2.45) is 11.3 Å². The highest BCUT2D eigenvalue weighted by molar-refractivity contribution is 6.37. The lowest BCUT2D eigenvalue weighted by Crippen LogP contribution is -2.49. The molecule has 1 saturated carbocycles. The molecule has 0 radical (unpaired) electrons. The third-order valence-electron chi connectivity index (χ3n) is 7.79. The summed E-state index contributed by atoms with van der Waals surface area (Å²) in [6.07, 6.45) is 4.51. The minimum Gasteiger partial charge on any atom is -0.495 e. The molecule has 3 amide bonds. The number of carbonyl (C=O) groups is 3. The van der Waals surface area contributed by atoms with E-state index in [9.17, 15) is 19.6 Å². The smallest absolute Gasteiger partial charge is 0.271 e. The fourth-order valence-electron chi connectivity index (χ4n) is 5.69. The maximum atomic E-state index is 13.6. The molecule has 3 aliphatic rings. The predicted octanol–water partition coefficient (Wildman–Crippen LogP) is 2.75. The van der Waals surface area contributed by atoms with E-state index in [1.54, 1.807) is 23.1 Å². The van der Waals surface area contributed by atoms with E-state index in [4.69, 9.17) is 16.3 Å². The van der Waals surface area contributed by atoms with E-state index in [1.165, 1.54) is 7.11 Å². The summed E-state index contributed by atoms with van der Waals surface area (Å²) < 4.78 is 5.28. The van der Waals surface area contributed by atoms with Gasteiger partial charge in [0.05, 0.1) is 18.2 Å². The number of nitrogens with one attached hydrogen (secondary N) is 3. The molecule has 3 atom stereocenters. The number of carbonyl (C=O) groups excluding carboxylic acids is 3. The molecule has 5 rings (SSSR count). The van der Waals surface area contributed by atoms with Crippen LogP contribution in [0, 0.1) is 22.7 Å². The van der Waals surface area contributed by atoms with E-state index in [0.29, 0.717) is 53.3 Å². The van der Waals surface area contributed by atoms with Crippen LogP contribution >= 0.6 is 11.6 Å². The molecule has 2 aliphatic heterocycles. The van der Waals surface area contributed by atoms with Crippen LogP contribution in [0.2, 0.25) is 5.02 Å². The van der Waals surface area contributed by atoms with Crippen molar-refractivity contribution in [1.29, 1.82) is 5.26 Å². The largest absolute Gasteiger partial charge is 0.495 e. The number of rotatable bonds is 6. The maximum Gasteiger partial charge on any atom is 0.271 e. The van der Waals surface area contributed by atoms with Crippen LogP contribution in [-0.4, -0.2) is 59.9 Å². The number of likely N-dealkylation sites (tertiary alicyclic amines) is 1. The Bertz CT molecular complexity index is 1230. The molecule has 1 aliphatic carbocycles. The van der Waals surface area contributed by atoms with Gasteiger partial charge in [-0.15, -0.1) is 0 Å². The maximum absolute atomic E-state index is 13.6. The first kappa shape index (κ1) is 23.5.